The van der Waals surface area contributed by atoms with Crippen LogP contribution in [-0.4, -0.2) is 18.8 Å². The Balaban J connectivity index is 1.16. The van der Waals surface area contributed by atoms with E-state index in [0.29, 0.717) is 0 Å². The molecule has 0 fully saturated rings. The molecule has 96 heavy (non-hydrogen) atoms. The van der Waals surface area contributed by atoms with Crippen LogP contribution in [0.4, 0.5) is 0 Å². The number of pyridine rings is 2. The molecule has 0 amide bonds. The number of benzene rings is 9. The summed E-state index contributed by atoms with van der Waals surface area (Å²) in [4.78, 5) is 12.0. The van der Waals surface area contributed by atoms with E-state index in [-0.39, 0.29) is 45.3 Å². The molecule has 0 saturated heterocycles. The first kappa shape index (κ1) is 58.3. The Labute approximate surface area is 565 Å². The summed E-state index contributed by atoms with van der Waals surface area (Å²) >= 11 is 0. The van der Waals surface area contributed by atoms with Gasteiger partial charge in [-0.25, -0.2) is 0 Å². The molecule has 474 valence electrons. The lowest BCUT2D eigenvalue weighted by atomic mass is 9.62. The molecule has 6 aliphatic rings. The lowest BCUT2D eigenvalue weighted by Gasteiger charge is -2.41. The summed E-state index contributed by atoms with van der Waals surface area (Å²) in [5.41, 5.74) is 39.8. The highest BCUT2D eigenvalue weighted by atomic mass is 15.0. The zero-order valence-corrected chi connectivity index (χ0v) is 58.9. The van der Waals surface area contributed by atoms with E-state index in [1.165, 1.54) is 210 Å². The van der Waals surface area contributed by atoms with E-state index in [4.69, 9.17) is 9.97 Å². The van der Waals surface area contributed by atoms with Gasteiger partial charge in [-0.15, -0.1) is 0 Å². The maximum Gasteiger partial charge on any atom is 0.0728 e. The molecule has 15 aromatic rings. The van der Waals surface area contributed by atoms with Gasteiger partial charge in [0.05, 0.1) is 68.7 Å². The van der Waals surface area contributed by atoms with Crippen LogP contribution >= 0.6 is 0 Å². The first-order valence-corrected chi connectivity index (χ1v) is 36.0. The molecule has 6 heterocycles. The number of aromatic nitrogens is 4. The lowest BCUT2D eigenvalue weighted by molar-refractivity contribution is 0.576. The maximum absolute atomic E-state index is 5.98. The van der Waals surface area contributed by atoms with Gasteiger partial charge in [0.15, 0.2) is 0 Å². The summed E-state index contributed by atoms with van der Waals surface area (Å²) < 4.78 is 5.73. The van der Waals surface area contributed by atoms with Crippen LogP contribution in [0.1, 0.15) is 246 Å². The summed E-state index contributed by atoms with van der Waals surface area (Å²) in [5, 5.41) is 11.0. The quantitative estimate of drug-likeness (QED) is 0.166. The van der Waals surface area contributed by atoms with Crippen molar-refractivity contribution < 1.29 is 0 Å². The van der Waals surface area contributed by atoms with Crippen molar-refractivity contribution in [3.8, 4) is 22.3 Å². The Morgan fingerprint density at radius 3 is 0.812 bits per heavy atom. The molecule has 4 heteroatoms. The first-order valence-electron chi connectivity index (χ1n) is 36.0. The molecule has 0 saturated carbocycles. The van der Waals surface area contributed by atoms with E-state index in [1.807, 2.05) is 0 Å². The molecular weight excluding hydrogens is 1160 g/mol. The molecule has 0 aliphatic heterocycles. The Kier molecular flexibility index (Phi) is 11.7. The highest BCUT2D eigenvalue weighted by Crippen LogP contribution is 2.65. The molecule has 4 nitrogen and oxygen atoms in total. The highest BCUT2D eigenvalue weighted by Gasteiger charge is 2.48. The van der Waals surface area contributed by atoms with E-state index >= 15 is 0 Å². The van der Waals surface area contributed by atoms with Crippen LogP contribution in [0.3, 0.4) is 0 Å². The summed E-state index contributed by atoms with van der Waals surface area (Å²) in [6, 6.07) is 57.4. The highest BCUT2D eigenvalue weighted by molar-refractivity contribution is 6.40. The van der Waals surface area contributed by atoms with Crippen molar-refractivity contribution in [1.29, 1.82) is 0 Å². The number of fused-ring (bicyclic) bond motifs is 12. The van der Waals surface area contributed by atoms with Crippen LogP contribution in [0.25, 0.3) is 98.4 Å². The Morgan fingerprint density at radius 2 is 0.552 bits per heavy atom. The van der Waals surface area contributed by atoms with E-state index < -0.39 is 0 Å². The summed E-state index contributed by atoms with van der Waals surface area (Å²) in [7, 11) is 0. The molecule has 21 rings (SSSR count). The van der Waals surface area contributed by atoms with Crippen LogP contribution in [0.15, 0.2) is 158 Å². The molecular formula is C92H86N4. The van der Waals surface area contributed by atoms with Crippen LogP contribution in [-0.2, 0) is 47.3 Å². The average Bonchev–Trinajstić information content (AvgIpc) is 1.46. The second-order valence-corrected chi connectivity index (χ2v) is 33.2. The molecule has 4 bridgehead atoms. The van der Waals surface area contributed by atoms with Gasteiger partial charge in [-0.3, -0.25) is 9.97 Å². The first-order chi connectivity index (χ1) is 46.1. The summed E-state index contributed by atoms with van der Waals surface area (Å²) in [6.45, 7) is 39.4. The second-order valence-electron chi connectivity index (χ2n) is 33.2. The minimum Gasteiger partial charge on any atom is -0.306 e. The smallest absolute Gasteiger partial charge is 0.0728 e. The van der Waals surface area contributed by atoms with Crippen LogP contribution < -0.4 is 0 Å². The fourth-order valence-corrected chi connectivity index (χ4v) is 20.1. The number of aryl methyl sites for hydroxylation is 4. The van der Waals surface area contributed by atoms with Crippen molar-refractivity contribution in [2.45, 2.75) is 182 Å². The van der Waals surface area contributed by atoms with Crippen molar-refractivity contribution in [3.63, 3.8) is 0 Å². The minimum atomic E-state index is -0.280. The minimum absolute atomic E-state index is 0.0240. The second kappa shape index (κ2) is 19.3. The lowest BCUT2D eigenvalue weighted by Crippen LogP contribution is -2.28. The summed E-state index contributed by atoms with van der Waals surface area (Å²) in [5.74, 6) is 0.117. The fourth-order valence-electron chi connectivity index (χ4n) is 20.1. The third-order valence-corrected chi connectivity index (χ3v) is 24.0. The van der Waals surface area contributed by atoms with Crippen molar-refractivity contribution in [3.05, 3.63) is 270 Å². The standard InChI is InChI=1S/C92H86N4/c1-17-47-31-29-32-48(18-2)65(47)79-81-73-61(91(11,12)13)43-59(89(5,6)7)71-76-64(46-94-84-70-57-41-27-23-37-53(57)68(78(76)84)54-38-24-28-42-58(54)70)96(85(71)73)88(81)80(66-49(19-3)33-30-34-50(66)20-4)82-74-62(92(14,15)16)44-60(90(8,9)10)72-75-63(95(86(72)74)87(79)82)45-93-83-69-55-39-25-21-35-51(55)67(77(75)83)52-36-22-26-40-56(52)69/h21-46,67-70H,17-20H2,1-16H3. The van der Waals surface area contributed by atoms with Gasteiger partial charge < -0.3 is 8.80 Å². The number of hydrogen-bond donors (Lipinski definition) is 0. The van der Waals surface area contributed by atoms with E-state index in [9.17, 15) is 0 Å². The van der Waals surface area contributed by atoms with Crippen LogP contribution in [0.2, 0.25) is 0 Å². The molecule has 0 unspecified atom stereocenters. The normalized spacial score (nSPS) is 17.3. The van der Waals surface area contributed by atoms with Crippen molar-refractivity contribution in [1.82, 2.24) is 18.8 Å². The van der Waals surface area contributed by atoms with Gasteiger partial charge in [0.2, 0.25) is 0 Å². The molecule has 0 atom stereocenters. The Bertz CT molecular complexity index is 5440. The van der Waals surface area contributed by atoms with E-state index in [1.54, 1.807) is 0 Å². The predicted molar refractivity (Wildman–Crippen MR) is 404 cm³/mol. The number of nitrogens with zero attached hydrogens (tertiary/aromatic N) is 4. The number of hydrogen-bond acceptors (Lipinski definition) is 2. The van der Waals surface area contributed by atoms with Gasteiger partial charge in [-0.05, 0) is 159 Å². The number of rotatable bonds is 6. The van der Waals surface area contributed by atoms with Crippen molar-refractivity contribution >= 4 is 76.2 Å². The topological polar surface area (TPSA) is 34.6 Å². The monoisotopic (exact) mass is 1250 g/mol. The molecule has 0 N–H and O–H groups in total. The van der Waals surface area contributed by atoms with E-state index in [0.717, 1.165) is 25.7 Å². The van der Waals surface area contributed by atoms with Gasteiger partial charge in [0.1, 0.15) is 0 Å². The largest absolute Gasteiger partial charge is 0.306 e. The molecule has 0 radical (unpaired) electrons. The Hall–Kier alpha value is -9.12. The molecule has 9 aromatic carbocycles. The predicted octanol–water partition coefficient (Wildman–Crippen LogP) is 23.5. The third kappa shape index (κ3) is 7.16. The van der Waals surface area contributed by atoms with Crippen LogP contribution in [0, 0.1) is 0 Å². The molecule has 0 spiro atoms. The zero-order chi connectivity index (χ0) is 66.0. The van der Waals surface area contributed by atoms with Gasteiger partial charge >= 0.3 is 0 Å². The van der Waals surface area contributed by atoms with Crippen molar-refractivity contribution in [2.75, 3.05) is 0 Å². The van der Waals surface area contributed by atoms with Gasteiger partial charge in [-0.2, -0.15) is 0 Å². The molecule has 6 aliphatic carbocycles. The van der Waals surface area contributed by atoms with Gasteiger partial charge in [0.25, 0.3) is 0 Å². The fraction of sp³-hybridized carbons (Fsp3) is 0.304. The average molecular weight is 1250 g/mol. The summed E-state index contributed by atoms with van der Waals surface area (Å²) in [6.07, 6.45) is 8.28. The van der Waals surface area contributed by atoms with Crippen LogP contribution in [0.5, 0.6) is 0 Å². The van der Waals surface area contributed by atoms with E-state index in [2.05, 4.69) is 278 Å². The van der Waals surface area contributed by atoms with Gasteiger partial charge in [-0.1, -0.05) is 256 Å². The Morgan fingerprint density at radius 1 is 0.292 bits per heavy atom. The van der Waals surface area contributed by atoms with Gasteiger partial charge in [0, 0.05) is 66.1 Å². The maximum atomic E-state index is 5.98. The third-order valence-electron chi connectivity index (χ3n) is 24.0. The molecule has 6 aromatic heterocycles. The SMILES string of the molecule is CCc1cccc(CC)c1-c1c2c3c(C(C)(C)C)cc(C(C)(C)C)c4c5c6c(ncc5n(c2c(-c2c(CC)cccc2CC)c2c5c(C(C)(C)C)cc(C(C)(C)C)c7c8c9c(ncc8n(c12)c75)C1c2ccccc2C9c2ccccc21)c43)C1c2ccccc2C6c2ccccc21. The van der Waals surface area contributed by atoms with Crippen molar-refractivity contribution in [2.24, 2.45) is 0 Å². The zero-order valence-electron chi connectivity index (χ0n) is 58.9.